The number of nitro benzene ring substituents is 1. The van der Waals surface area contributed by atoms with E-state index >= 15 is 0 Å². The Labute approximate surface area is 186 Å². The Morgan fingerprint density at radius 2 is 2.07 bits per heavy atom. The lowest BCUT2D eigenvalue weighted by atomic mass is 10.1. The molecule has 0 saturated carbocycles. The summed E-state index contributed by atoms with van der Waals surface area (Å²) in [5, 5.41) is 23.9. The second kappa shape index (κ2) is 10.1. The molecule has 3 rings (SSSR count). The van der Waals surface area contributed by atoms with Gasteiger partial charge in [-0.2, -0.15) is 11.8 Å². The first-order chi connectivity index (χ1) is 14.3. The van der Waals surface area contributed by atoms with E-state index in [0.717, 1.165) is 26.1 Å². The third-order valence-electron chi connectivity index (χ3n) is 4.01. The summed E-state index contributed by atoms with van der Waals surface area (Å²) in [6.45, 7) is 4.37. The maximum atomic E-state index is 12.4. The Kier molecular flexibility index (Phi) is 7.57. The highest BCUT2D eigenvalue weighted by Crippen LogP contribution is 2.32. The summed E-state index contributed by atoms with van der Waals surface area (Å²) in [7, 11) is 0. The zero-order chi connectivity index (χ0) is 21.7. The van der Waals surface area contributed by atoms with Crippen molar-refractivity contribution in [1.82, 2.24) is 4.98 Å². The summed E-state index contributed by atoms with van der Waals surface area (Å²) in [4.78, 5) is 27.2. The van der Waals surface area contributed by atoms with Crippen LogP contribution in [0.3, 0.4) is 0 Å². The van der Waals surface area contributed by atoms with Crippen LogP contribution in [0, 0.1) is 10.1 Å². The first kappa shape index (κ1) is 22.4. The molecule has 0 bridgehead atoms. The number of benzene rings is 2. The third kappa shape index (κ3) is 6.10. The van der Waals surface area contributed by atoms with Crippen molar-refractivity contribution in [1.29, 1.82) is 0 Å². The normalized spacial score (nSPS) is 11.2. The van der Waals surface area contributed by atoms with Gasteiger partial charge < -0.3 is 10.4 Å². The highest BCUT2D eigenvalue weighted by atomic mass is 32.2. The minimum Gasteiger partial charge on any atom is -0.502 e. The molecule has 0 unspecified atom stereocenters. The number of nitro groups is 1. The van der Waals surface area contributed by atoms with Gasteiger partial charge in [-0.1, -0.05) is 31.7 Å². The summed E-state index contributed by atoms with van der Waals surface area (Å²) >= 11 is 5.26. The number of thiazole rings is 1. The highest BCUT2D eigenvalue weighted by Gasteiger charge is 2.15. The van der Waals surface area contributed by atoms with Crippen LogP contribution in [0.15, 0.2) is 40.7 Å². The van der Waals surface area contributed by atoms with Gasteiger partial charge in [-0.3, -0.25) is 14.9 Å². The summed E-state index contributed by atoms with van der Waals surface area (Å²) in [6.07, 6.45) is -0.0313. The number of aromatic nitrogens is 1. The van der Waals surface area contributed by atoms with Gasteiger partial charge in [0.25, 0.3) is 0 Å². The highest BCUT2D eigenvalue weighted by molar-refractivity contribution is 8.04. The maximum Gasteiger partial charge on any atom is 0.310 e. The molecule has 0 radical (unpaired) electrons. The molecule has 7 nitrogen and oxygen atoms in total. The SMILES string of the molecule is CC(C)SCCSc1nc2ccc(NC(=O)Cc3ccc(O)c([N+](=O)[O-])c3)cc2s1. The molecular weight excluding hydrogens is 442 g/mol. The molecule has 2 aromatic carbocycles. The molecule has 0 spiro atoms. The van der Waals surface area contributed by atoms with Gasteiger partial charge in [0, 0.05) is 23.3 Å². The van der Waals surface area contributed by atoms with E-state index in [1.807, 2.05) is 23.9 Å². The summed E-state index contributed by atoms with van der Waals surface area (Å²) < 4.78 is 2.00. The molecule has 10 heteroatoms. The molecule has 0 aliphatic carbocycles. The molecule has 2 N–H and O–H groups in total. The number of phenolic OH excluding ortho intramolecular Hbond substituents is 1. The lowest BCUT2D eigenvalue weighted by Crippen LogP contribution is -2.14. The zero-order valence-electron chi connectivity index (χ0n) is 16.5. The van der Waals surface area contributed by atoms with Crippen LogP contribution in [-0.2, 0) is 11.2 Å². The van der Waals surface area contributed by atoms with Crippen LogP contribution in [0.5, 0.6) is 5.75 Å². The first-order valence-electron chi connectivity index (χ1n) is 9.23. The molecule has 1 amide bonds. The van der Waals surface area contributed by atoms with Gasteiger partial charge in [0.15, 0.2) is 10.1 Å². The fraction of sp³-hybridized carbons (Fsp3) is 0.300. The number of anilines is 1. The number of phenols is 1. The van der Waals surface area contributed by atoms with Crippen LogP contribution in [0.1, 0.15) is 19.4 Å². The molecule has 0 fully saturated rings. The number of fused-ring (bicyclic) bond motifs is 1. The van der Waals surface area contributed by atoms with E-state index in [4.69, 9.17) is 0 Å². The van der Waals surface area contributed by atoms with Gasteiger partial charge in [-0.05, 0) is 35.1 Å². The van der Waals surface area contributed by atoms with Crippen molar-refractivity contribution in [3.63, 3.8) is 0 Å². The molecule has 1 heterocycles. The molecule has 1 aromatic heterocycles. The fourth-order valence-electron chi connectivity index (χ4n) is 2.67. The van der Waals surface area contributed by atoms with Gasteiger partial charge in [0.05, 0.1) is 21.6 Å². The smallest absolute Gasteiger partial charge is 0.310 e. The maximum absolute atomic E-state index is 12.4. The monoisotopic (exact) mass is 463 g/mol. The molecule has 3 aromatic rings. The van der Waals surface area contributed by atoms with Gasteiger partial charge in [-0.25, -0.2) is 4.98 Å². The van der Waals surface area contributed by atoms with Crippen molar-refractivity contribution in [3.8, 4) is 5.75 Å². The van der Waals surface area contributed by atoms with Crippen LogP contribution < -0.4 is 5.32 Å². The van der Waals surface area contributed by atoms with Crippen LogP contribution in [-0.4, -0.2) is 37.7 Å². The minimum atomic E-state index is -0.675. The molecule has 0 aliphatic heterocycles. The number of carbonyl (C=O) groups is 1. The average molecular weight is 464 g/mol. The van der Waals surface area contributed by atoms with Crippen molar-refractivity contribution in [3.05, 3.63) is 52.1 Å². The Morgan fingerprint density at radius 1 is 1.27 bits per heavy atom. The predicted octanol–water partition coefficient (Wildman–Crippen LogP) is 5.33. The number of hydrogen-bond acceptors (Lipinski definition) is 8. The Bertz CT molecular complexity index is 1070. The number of carbonyl (C=O) groups excluding carboxylic acids is 1. The molecule has 0 saturated heterocycles. The van der Waals surface area contributed by atoms with Crippen molar-refractivity contribution in [2.45, 2.75) is 29.9 Å². The van der Waals surface area contributed by atoms with E-state index in [0.29, 0.717) is 16.5 Å². The van der Waals surface area contributed by atoms with E-state index in [1.165, 1.54) is 18.2 Å². The van der Waals surface area contributed by atoms with Crippen LogP contribution in [0.2, 0.25) is 0 Å². The number of rotatable bonds is 9. The summed E-state index contributed by atoms with van der Waals surface area (Å²) in [5.74, 6) is 1.37. The Balaban J connectivity index is 1.62. The molecule has 30 heavy (non-hydrogen) atoms. The number of nitrogens with one attached hydrogen (secondary N) is 1. The average Bonchev–Trinajstić information content (AvgIpc) is 3.08. The number of thioether (sulfide) groups is 2. The molecule has 0 aliphatic rings. The van der Waals surface area contributed by atoms with E-state index in [1.54, 1.807) is 29.2 Å². The van der Waals surface area contributed by atoms with Crippen LogP contribution in [0.25, 0.3) is 10.2 Å². The van der Waals surface area contributed by atoms with Gasteiger partial charge in [-0.15, -0.1) is 11.3 Å². The van der Waals surface area contributed by atoms with Crippen molar-refractivity contribution >= 4 is 62.4 Å². The lowest BCUT2D eigenvalue weighted by molar-refractivity contribution is -0.385. The first-order valence-corrected chi connectivity index (χ1v) is 12.1. The third-order valence-corrected chi connectivity index (χ3v) is 7.54. The Hall–Kier alpha value is -2.30. The number of amides is 1. The van der Waals surface area contributed by atoms with Crippen LogP contribution in [0.4, 0.5) is 11.4 Å². The van der Waals surface area contributed by atoms with Crippen LogP contribution >= 0.6 is 34.9 Å². The number of aromatic hydroxyl groups is 1. The zero-order valence-corrected chi connectivity index (χ0v) is 18.9. The van der Waals surface area contributed by atoms with Gasteiger partial charge in [0.2, 0.25) is 5.91 Å². The standard InChI is InChI=1S/C20H21N3O4S3/c1-12(2)28-7-8-29-20-22-15-5-4-14(11-18(15)30-20)21-19(25)10-13-3-6-17(24)16(9-13)23(26)27/h3-6,9,11-12,24H,7-8,10H2,1-2H3,(H,21,25). The Morgan fingerprint density at radius 3 is 2.80 bits per heavy atom. The van der Waals surface area contributed by atoms with E-state index in [-0.39, 0.29) is 12.3 Å². The second-order valence-corrected chi connectivity index (χ2v) is 10.8. The van der Waals surface area contributed by atoms with Gasteiger partial charge in [0.1, 0.15) is 0 Å². The van der Waals surface area contributed by atoms with Gasteiger partial charge >= 0.3 is 5.69 Å². The lowest BCUT2D eigenvalue weighted by Gasteiger charge is -2.06. The summed E-state index contributed by atoms with van der Waals surface area (Å²) in [5.41, 5.74) is 1.58. The quantitative estimate of drug-likeness (QED) is 0.191. The second-order valence-electron chi connectivity index (χ2n) is 6.74. The number of nitrogens with zero attached hydrogens (tertiary/aromatic N) is 2. The molecule has 0 atom stereocenters. The summed E-state index contributed by atoms with van der Waals surface area (Å²) in [6, 6.07) is 9.49. The minimum absolute atomic E-state index is 0.0313. The van der Waals surface area contributed by atoms with Crippen molar-refractivity contribution < 1.29 is 14.8 Å². The molecule has 158 valence electrons. The fourth-order valence-corrected chi connectivity index (χ4v) is 5.69. The van der Waals surface area contributed by atoms with Crippen molar-refractivity contribution in [2.24, 2.45) is 0 Å². The van der Waals surface area contributed by atoms with E-state index < -0.39 is 16.4 Å². The largest absolute Gasteiger partial charge is 0.502 e. The topological polar surface area (TPSA) is 105 Å². The van der Waals surface area contributed by atoms with E-state index in [2.05, 4.69) is 24.1 Å². The predicted molar refractivity (Wildman–Crippen MR) is 125 cm³/mol. The van der Waals surface area contributed by atoms with E-state index in [9.17, 15) is 20.0 Å². The molecular formula is C20H21N3O4S3. The number of hydrogen-bond donors (Lipinski definition) is 2. The van der Waals surface area contributed by atoms with Crippen molar-refractivity contribution in [2.75, 3.05) is 16.8 Å².